The molecule has 1 atom stereocenters. The van der Waals surface area contributed by atoms with Crippen molar-refractivity contribution >= 4 is 15.9 Å². The minimum absolute atomic E-state index is 0.0274. The van der Waals surface area contributed by atoms with Gasteiger partial charge in [-0.3, -0.25) is 0 Å². The summed E-state index contributed by atoms with van der Waals surface area (Å²) in [6.45, 7) is 9.15. The zero-order valence-electron chi connectivity index (χ0n) is 11.5. The Morgan fingerprint density at radius 1 is 1.28 bits per heavy atom. The summed E-state index contributed by atoms with van der Waals surface area (Å²) in [4.78, 5) is 0. The number of benzene rings is 1. The number of halogens is 1. The van der Waals surface area contributed by atoms with Crippen molar-refractivity contribution in [2.75, 3.05) is 13.2 Å². The second kappa shape index (κ2) is 6.55. The van der Waals surface area contributed by atoms with E-state index in [4.69, 9.17) is 15.2 Å². The summed E-state index contributed by atoms with van der Waals surface area (Å²) >= 11 is 3.49. The smallest absolute Gasteiger partial charge is 0.133 e. The molecule has 0 aromatic heterocycles. The lowest BCUT2D eigenvalue weighted by atomic mass is 10.1. The summed E-state index contributed by atoms with van der Waals surface area (Å²) in [5.74, 6) is 0.817. The quantitative estimate of drug-likeness (QED) is 0.843. The summed E-state index contributed by atoms with van der Waals surface area (Å²) in [6, 6.07) is 5.93. The van der Waals surface area contributed by atoms with Crippen molar-refractivity contribution in [3.8, 4) is 5.75 Å². The number of nitrogens with two attached hydrogens (primary N) is 1. The van der Waals surface area contributed by atoms with Crippen molar-refractivity contribution in [2.45, 2.75) is 39.3 Å². The van der Waals surface area contributed by atoms with Crippen LogP contribution in [0.4, 0.5) is 0 Å². The molecule has 0 bridgehead atoms. The van der Waals surface area contributed by atoms with E-state index in [1.807, 2.05) is 45.9 Å². The maximum atomic E-state index is 5.82. The maximum Gasteiger partial charge on any atom is 0.133 e. The molecule has 0 fully saturated rings. The van der Waals surface area contributed by atoms with Gasteiger partial charge in [0.1, 0.15) is 12.4 Å². The number of rotatable bonds is 5. The summed E-state index contributed by atoms with van der Waals surface area (Å²) in [5, 5.41) is 0. The molecule has 18 heavy (non-hydrogen) atoms. The first kappa shape index (κ1) is 15.5. The van der Waals surface area contributed by atoms with Gasteiger partial charge >= 0.3 is 0 Å². The molecule has 1 aromatic rings. The number of hydrogen-bond donors (Lipinski definition) is 1. The lowest BCUT2D eigenvalue weighted by molar-refractivity contribution is -0.0163. The molecule has 2 N–H and O–H groups in total. The van der Waals surface area contributed by atoms with E-state index in [1.54, 1.807) is 0 Å². The molecule has 0 saturated heterocycles. The van der Waals surface area contributed by atoms with Gasteiger partial charge in [0, 0.05) is 6.04 Å². The van der Waals surface area contributed by atoms with Gasteiger partial charge in [0.2, 0.25) is 0 Å². The standard InChI is InChI=1S/C14H22BrNO2/c1-10(16)11-5-6-13(12(15)9-11)17-7-8-18-14(2,3)4/h5-6,9-10H,7-8,16H2,1-4H3. The van der Waals surface area contributed by atoms with Crippen LogP contribution in [0.25, 0.3) is 0 Å². The van der Waals surface area contributed by atoms with E-state index in [0.717, 1.165) is 15.8 Å². The Morgan fingerprint density at radius 2 is 1.94 bits per heavy atom. The molecule has 0 heterocycles. The third-order valence-electron chi connectivity index (χ3n) is 2.36. The van der Waals surface area contributed by atoms with Crippen LogP contribution in [-0.2, 0) is 4.74 Å². The Hall–Kier alpha value is -0.580. The van der Waals surface area contributed by atoms with Crippen molar-refractivity contribution in [1.29, 1.82) is 0 Å². The van der Waals surface area contributed by atoms with Gasteiger partial charge in [0.05, 0.1) is 16.7 Å². The van der Waals surface area contributed by atoms with Crippen LogP contribution in [0, 0.1) is 0 Å². The average molecular weight is 316 g/mol. The van der Waals surface area contributed by atoms with E-state index >= 15 is 0 Å². The highest BCUT2D eigenvalue weighted by molar-refractivity contribution is 9.10. The third-order valence-corrected chi connectivity index (χ3v) is 2.98. The van der Waals surface area contributed by atoms with Crippen LogP contribution >= 0.6 is 15.9 Å². The third kappa shape index (κ3) is 5.38. The molecule has 1 aromatic carbocycles. The van der Waals surface area contributed by atoms with Crippen molar-refractivity contribution in [3.63, 3.8) is 0 Å². The fourth-order valence-electron chi connectivity index (χ4n) is 1.42. The highest BCUT2D eigenvalue weighted by Gasteiger charge is 2.10. The van der Waals surface area contributed by atoms with Gasteiger partial charge in [-0.1, -0.05) is 6.07 Å². The van der Waals surface area contributed by atoms with Crippen LogP contribution in [-0.4, -0.2) is 18.8 Å². The molecule has 0 aliphatic rings. The Bertz CT molecular complexity index is 386. The molecule has 0 spiro atoms. The largest absolute Gasteiger partial charge is 0.490 e. The van der Waals surface area contributed by atoms with Crippen LogP contribution in [0.1, 0.15) is 39.3 Å². The topological polar surface area (TPSA) is 44.5 Å². The maximum absolute atomic E-state index is 5.82. The lowest BCUT2D eigenvalue weighted by Gasteiger charge is -2.19. The minimum Gasteiger partial charge on any atom is -0.490 e. The molecule has 0 aliphatic carbocycles. The predicted molar refractivity (Wildman–Crippen MR) is 77.9 cm³/mol. The summed E-state index contributed by atoms with van der Waals surface area (Å²) in [5.41, 5.74) is 6.78. The Labute approximate surface area is 118 Å². The van der Waals surface area contributed by atoms with Gasteiger partial charge in [-0.15, -0.1) is 0 Å². The average Bonchev–Trinajstić information content (AvgIpc) is 2.24. The fraction of sp³-hybridized carbons (Fsp3) is 0.571. The fourth-order valence-corrected chi connectivity index (χ4v) is 1.93. The van der Waals surface area contributed by atoms with E-state index < -0.39 is 0 Å². The van der Waals surface area contributed by atoms with Crippen LogP contribution in [0.2, 0.25) is 0 Å². The molecule has 0 saturated carbocycles. The van der Waals surface area contributed by atoms with Gasteiger partial charge in [0.15, 0.2) is 0 Å². The molecular formula is C14H22BrNO2. The Kier molecular flexibility index (Phi) is 5.63. The van der Waals surface area contributed by atoms with E-state index in [1.165, 1.54) is 0 Å². The van der Waals surface area contributed by atoms with E-state index in [0.29, 0.717) is 13.2 Å². The van der Waals surface area contributed by atoms with Crippen LogP contribution < -0.4 is 10.5 Å². The van der Waals surface area contributed by atoms with Gasteiger partial charge < -0.3 is 15.2 Å². The van der Waals surface area contributed by atoms with E-state index in [2.05, 4.69) is 15.9 Å². The second-order valence-electron chi connectivity index (χ2n) is 5.29. The SMILES string of the molecule is CC(N)c1ccc(OCCOC(C)(C)C)c(Br)c1. The van der Waals surface area contributed by atoms with E-state index in [-0.39, 0.29) is 11.6 Å². The molecule has 4 heteroatoms. The zero-order valence-corrected chi connectivity index (χ0v) is 13.1. The molecule has 3 nitrogen and oxygen atoms in total. The van der Waals surface area contributed by atoms with Crippen molar-refractivity contribution in [1.82, 2.24) is 0 Å². The minimum atomic E-state index is -0.126. The van der Waals surface area contributed by atoms with Gasteiger partial charge in [-0.25, -0.2) is 0 Å². The molecular weight excluding hydrogens is 294 g/mol. The molecule has 0 amide bonds. The molecule has 1 unspecified atom stereocenters. The normalized spacial score (nSPS) is 13.4. The van der Waals surface area contributed by atoms with Crippen LogP contribution in [0.15, 0.2) is 22.7 Å². The van der Waals surface area contributed by atoms with Crippen LogP contribution in [0.3, 0.4) is 0 Å². The van der Waals surface area contributed by atoms with Gasteiger partial charge in [-0.05, 0) is 61.3 Å². The Morgan fingerprint density at radius 3 is 2.44 bits per heavy atom. The monoisotopic (exact) mass is 315 g/mol. The summed E-state index contributed by atoms with van der Waals surface area (Å²) in [6.07, 6.45) is 0. The van der Waals surface area contributed by atoms with Gasteiger partial charge in [0.25, 0.3) is 0 Å². The van der Waals surface area contributed by atoms with Crippen molar-refractivity contribution in [3.05, 3.63) is 28.2 Å². The number of ether oxygens (including phenoxy) is 2. The first-order valence-corrected chi connectivity index (χ1v) is 6.90. The summed E-state index contributed by atoms with van der Waals surface area (Å²) < 4.78 is 12.2. The first-order valence-electron chi connectivity index (χ1n) is 6.11. The number of hydrogen-bond acceptors (Lipinski definition) is 3. The van der Waals surface area contributed by atoms with Gasteiger partial charge in [-0.2, -0.15) is 0 Å². The predicted octanol–water partition coefficient (Wildman–Crippen LogP) is 3.66. The lowest BCUT2D eigenvalue weighted by Crippen LogP contribution is -2.22. The first-order chi connectivity index (χ1) is 8.29. The summed E-state index contributed by atoms with van der Waals surface area (Å²) in [7, 11) is 0. The second-order valence-corrected chi connectivity index (χ2v) is 6.14. The highest BCUT2D eigenvalue weighted by Crippen LogP contribution is 2.27. The highest BCUT2D eigenvalue weighted by atomic mass is 79.9. The van der Waals surface area contributed by atoms with Crippen molar-refractivity contribution < 1.29 is 9.47 Å². The zero-order chi connectivity index (χ0) is 13.8. The Balaban J connectivity index is 2.48. The molecule has 0 aliphatic heterocycles. The molecule has 102 valence electrons. The van der Waals surface area contributed by atoms with Crippen LogP contribution in [0.5, 0.6) is 5.75 Å². The van der Waals surface area contributed by atoms with Crippen molar-refractivity contribution in [2.24, 2.45) is 5.73 Å². The molecule has 0 radical (unpaired) electrons. The van der Waals surface area contributed by atoms with E-state index in [9.17, 15) is 0 Å². The molecule has 1 rings (SSSR count).